The summed E-state index contributed by atoms with van der Waals surface area (Å²) in [4.78, 5) is 4.13. The van der Waals surface area contributed by atoms with E-state index in [1.54, 1.807) is 23.9 Å². The number of hydrogen-bond acceptors (Lipinski definition) is 3. The molecule has 0 radical (unpaired) electrons. The van der Waals surface area contributed by atoms with Gasteiger partial charge in [-0.05, 0) is 12.1 Å². The van der Waals surface area contributed by atoms with E-state index in [0.717, 1.165) is 11.4 Å². The summed E-state index contributed by atoms with van der Waals surface area (Å²) in [6, 6.07) is 7.15. The fourth-order valence-electron chi connectivity index (χ4n) is 1.16. The summed E-state index contributed by atoms with van der Waals surface area (Å²) in [7, 11) is 1.78. The molecule has 0 aliphatic rings. The van der Waals surface area contributed by atoms with Crippen LogP contribution in [0, 0.1) is 0 Å². The number of pyridine rings is 1. The molecular weight excluding hydrogens is 200 g/mol. The lowest BCUT2D eigenvalue weighted by Crippen LogP contribution is -1.96. The van der Waals surface area contributed by atoms with Crippen LogP contribution in [-0.4, -0.2) is 14.8 Å². The van der Waals surface area contributed by atoms with E-state index in [4.69, 9.17) is 17.3 Å². The molecule has 0 atom stereocenters. The van der Waals surface area contributed by atoms with Crippen molar-refractivity contribution in [2.75, 3.05) is 5.73 Å². The van der Waals surface area contributed by atoms with Gasteiger partial charge in [-0.15, -0.1) is 0 Å². The van der Waals surface area contributed by atoms with Crippen LogP contribution in [0.4, 0.5) is 5.82 Å². The van der Waals surface area contributed by atoms with Gasteiger partial charge in [-0.25, -0.2) is 4.98 Å². The smallest absolute Gasteiger partial charge is 0.129 e. The number of aromatic nitrogens is 3. The molecule has 0 aliphatic carbocycles. The van der Waals surface area contributed by atoms with Crippen molar-refractivity contribution in [3.63, 3.8) is 0 Å². The number of halogens is 1. The number of nitrogens with zero attached hydrogens (tertiary/aromatic N) is 3. The van der Waals surface area contributed by atoms with Gasteiger partial charge in [0.2, 0.25) is 0 Å². The summed E-state index contributed by atoms with van der Waals surface area (Å²) in [5, 5.41) is 4.64. The lowest BCUT2D eigenvalue weighted by atomic mass is 10.3. The van der Waals surface area contributed by atoms with Crippen LogP contribution in [0.5, 0.6) is 0 Å². The van der Waals surface area contributed by atoms with Crippen molar-refractivity contribution in [1.29, 1.82) is 0 Å². The Hall–Kier alpha value is -1.55. The molecule has 0 aromatic carbocycles. The van der Waals surface area contributed by atoms with Crippen molar-refractivity contribution >= 4 is 17.4 Å². The molecule has 2 heterocycles. The first-order valence-electron chi connectivity index (χ1n) is 4.09. The minimum absolute atomic E-state index is 0.451. The fraction of sp³-hybridized carbons (Fsp3) is 0.111. The number of hydrogen-bond donors (Lipinski definition) is 1. The third-order valence-electron chi connectivity index (χ3n) is 1.89. The largest absolute Gasteiger partial charge is 0.384 e. The number of rotatable bonds is 1. The van der Waals surface area contributed by atoms with E-state index in [-0.39, 0.29) is 0 Å². The molecular formula is C9H9ClN4. The van der Waals surface area contributed by atoms with Gasteiger partial charge in [0, 0.05) is 13.1 Å². The monoisotopic (exact) mass is 208 g/mol. The van der Waals surface area contributed by atoms with Crippen LogP contribution in [0.25, 0.3) is 11.4 Å². The van der Waals surface area contributed by atoms with Gasteiger partial charge in [0.1, 0.15) is 16.7 Å². The van der Waals surface area contributed by atoms with E-state index >= 15 is 0 Å². The molecule has 5 heteroatoms. The Morgan fingerprint density at radius 3 is 2.71 bits per heavy atom. The zero-order valence-corrected chi connectivity index (χ0v) is 8.36. The van der Waals surface area contributed by atoms with Crippen LogP contribution in [-0.2, 0) is 7.05 Å². The van der Waals surface area contributed by atoms with Crippen molar-refractivity contribution in [2.45, 2.75) is 0 Å². The van der Waals surface area contributed by atoms with Crippen LogP contribution in [0.1, 0.15) is 0 Å². The SMILES string of the molecule is Cn1nc(-c2cccc(Cl)n2)cc1N. The molecule has 14 heavy (non-hydrogen) atoms. The Kier molecular flexibility index (Phi) is 2.13. The predicted molar refractivity (Wildman–Crippen MR) is 55.9 cm³/mol. The zero-order valence-electron chi connectivity index (χ0n) is 7.61. The summed E-state index contributed by atoms with van der Waals surface area (Å²) in [5.41, 5.74) is 7.11. The Morgan fingerprint density at radius 2 is 2.14 bits per heavy atom. The molecule has 72 valence electrons. The number of nitrogen functional groups attached to an aromatic ring is 1. The van der Waals surface area contributed by atoms with Crippen LogP contribution in [0.15, 0.2) is 24.3 Å². The Morgan fingerprint density at radius 1 is 1.36 bits per heavy atom. The van der Waals surface area contributed by atoms with E-state index in [0.29, 0.717) is 11.0 Å². The number of anilines is 1. The highest BCUT2D eigenvalue weighted by Gasteiger charge is 2.05. The third kappa shape index (κ3) is 1.56. The second-order valence-electron chi connectivity index (χ2n) is 2.92. The highest BCUT2D eigenvalue weighted by atomic mass is 35.5. The van der Waals surface area contributed by atoms with Crippen LogP contribution >= 0.6 is 11.6 Å². The van der Waals surface area contributed by atoms with E-state index in [2.05, 4.69) is 10.1 Å². The molecule has 0 bridgehead atoms. The summed E-state index contributed by atoms with van der Waals surface area (Å²) in [6.07, 6.45) is 0. The normalized spacial score (nSPS) is 10.4. The Balaban J connectivity index is 2.49. The summed E-state index contributed by atoms with van der Waals surface area (Å²) >= 11 is 5.76. The summed E-state index contributed by atoms with van der Waals surface area (Å²) in [5.74, 6) is 0.599. The standard InChI is InChI=1S/C9H9ClN4/c1-14-9(11)5-7(13-14)6-3-2-4-8(10)12-6/h2-5H,11H2,1H3. The molecule has 0 amide bonds. The molecule has 2 rings (SSSR count). The Labute approximate surface area is 86.3 Å². The second kappa shape index (κ2) is 3.31. The van der Waals surface area contributed by atoms with Crippen LogP contribution in [0.3, 0.4) is 0 Å². The van der Waals surface area contributed by atoms with Crippen molar-refractivity contribution < 1.29 is 0 Å². The molecule has 0 unspecified atom stereocenters. The Bertz CT molecular complexity index is 444. The van der Waals surface area contributed by atoms with Crippen molar-refractivity contribution in [3.05, 3.63) is 29.4 Å². The molecule has 2 aromatic rings. The van der Waals surface area contributed by atoms with Gasteiger partial charge < -0.3 is 5.73 Å². The average Bonchev–Trinajstić information content (AvgIpc) is 2.47. The maximum absolute atomic E-state index is 5.76. The molecule has 4 nitrogen and oxygen atoms in total. The summed E-state index contributed by atoms with van der Waals surface area (Å²) < 4.78 is 1.60. The van der Waals surface area contributed by atoms with Gasteiger partial charge in [-0.2, -0.15) is 5.10 Å². The average molecular weight is 209 g/mol. The molecule has 0 saturated carbocycles. The van der Waals surface area contributed by atoms with Crippen molar-refractivity contribution in [1.82, 2.24) is 14.8 Å². The maximum atomic E-state index is 5.76. The second-order valence-corrected chi connectivity index (χ2v) is 3.31. The van der Waals surface area contributed by atoms with E-state index < -0.39 is 0 Å². The first-order valence-corrected chi connectivity index (χ1v) is 4.47. The molecule has 2 N–H and O–H groups in total. The van der Waals surface area contributed by atoms with Crippen molar-refractivity contribution in [3.8, 4) is 11.4 Å². The first kappa shape index (κ1) is 9.02. The predicted octanol–water partition coefficient (Wildman–Crippen LogP) is 1.72. The van der Waals surface area contributed by atoms with Gasteiger partial charge >= 0.3 is 0 Å². The van der Waals surface area contributed by atoms with Crippen molar-refractivity contribution in [2.24, 2.45) is 7.05 Å². The van der Waals surface area contributed by atoms with Gasteiger partial charge in [0.05, 0.1) is 5.69 Å². The van der Waals surface area contributed by atoms with Gasteiger partial charge in [0.15, 0.2) is 0 Å². The lowest BCUT2D eigenvalue weighted by molar-refractivity contribution is 0.781. The number of aryl methyl sites for hydroxylation is 1. The minimum Gasteiger partial charge on any atom is -0.384 e. The van der Waals surface area contributed by atoms with E-state index in [1.165, 1.54) is 0 Å². The highest BCUT2D eigenvalue weighted by Crippen LogP contribution is 2.18. The maximum Gasteiger partial charge on any atom is 0.129 e. The summed E-state index contributed by atoms with van der Waals surface area (Å²) in [6.45, 7) is 0. The van der Waals surface area contributed by atoms with E-state index in [1.807, 2.05) is 12.1 Å². The van der Waals surface area contributed by atoms with Gasteiger partial charge in [-0.1, -0.05) is 17.7 Å². The molecule has 2 aromatic heterocycles. The molecule has 0 aliphatic heterocycles. The topological polar surface area (TPSA) is 56.7 Å². The molecule has 0 saturated heterocycles. The van der Waals surface area contributed by atoms with Crippen LogP contribution in [0.2, 0.25) is 5.15 Å². The number of nitrogens with two attached hydrogens (primary N) is 1. The van der Waals surface area contributed by atoms with E-state index in [9.17, 15) is 0 Å². The zero-order chi connectivity index (χ0) is 10.1. The quantitative estimate of drug-likeness (QED) is 0.726. The molecule has 0 spiro atoms. The fourth-order valence-corrected chi connectivity index (χ4v) is 1.32. The molecule has 0 fully saturated rings. The minimum atomic E-state index is 0.451. The van der Waals surface area contributed by atoms with Gasteiger partial charge in [0.25, 0.3) is 0 Å². The highest BCUT2D eigenvalue weighted by molar-refractivity contribution is 6.29. The lowest BCUT2D eigenvalue weighted by Gasteiger charge is -1.94. The van der Waals surface area contributed by atoms with Gasteiger partial charge in [-0.3, -0.25) is 4.68 Å². The third-order valence-corrected chi connectivity index (χ3v) is 2.10. The van der Waals surface area contributed by atoms with Crippen LogP contribution < -0.4 is 5.73 Å². The first-order chi connectivity index (χ1) is 6.66.